The van der Waals surface area contributed by atoms with Gasteiger partial charge in [-0.15, -0.1) is 0 Å². The second-order valence-electron chi connectivity index (χ2n) is 4.03. The van der Waals surface area contributed by atoms with Crippen molar-refractivity contribution in [1.29, 1.82) is 0 Å². The van der Waals surface area contributed by atoms with Crippen LogP contribution in [-0.4, -0.2) is 11.2 Å². The van der Waals surface area contributed by atoms with E-state index >= 15 is 0 Å². The average Bonchev–Trinajstić information content (AvgIpc) is 2.27. The molecule has 1 rings (SSSR count). The van der Waals surface area contributed by atoms with Crippen LogP contribution in [0, 0.1) is 5.92 Å². The molecular weight excluding hydrogens is 172 g/mol. The predicted molar refractivity (Wildman–Crippen MR) is 60.3 cm³/mol. The molecule has 0 saturated carbocycles. The first-order chi connectivity index (χ1) is 6.66. The van der Waals surface area contributed by atoms with Gasteiger partial charge in [-0.2, -0.15) is 0 Å². The van der Waals surface area contributed by atoms with Crippen molar-refractivity contribution in [1.82, 2.24) is 0 Å². The van der Waals surface area contributed by atoms with Gasteiger partial charge in [0, 0.05) is 0 Å². The highest BCUT2D eigenvalue weighted by molar-refractivity contribution is 5.19. The zero-order chi connectivity index (χ0) is 10.6. The zero-order valence-electron chi connectivity index (χ0n) is 9.27. The van der Waals surface area contributed by atoms with Gasteiger partial charge in [0.25, 0.3) is 0 Å². The van der Waals surface area contributed by atoms with Crippen LogP contribution in [0.4, 0.5) is 0 Å². The van der Waals surface area contributed by atoms with Gasteiger partial charge in [-0.3, -0.25) is 0 Å². The van der Waals surface area contributed by atoms with E-state index in [2.05, 4.69) is 38.1 Å². The number of benzene rings is 1. The van der Waals surface area contributed by atoms with Crippen LogP contribution in [0.2, 0.25) is 0 Å². The topological polar surface area (TPSA) is 20.2 Å². The number of aliphatic hydroxyl groups excluding tert-OH is 1. The van der Waals surface area contributed by atoms with E-state index in [1.54, 1.807) is 0 Å². The van der Waals surface area contributed by atoms with Gasteiger partial charge in [0.2, 0.25) is 0 Å². The van der Waals surface area contributed by atoms with Crippen molar-refractivity contribution in [2.24, 2.45) is 5.92 Å². The van der Waals surface area contributed by atoms with Gasteiger partial charge < -0.3 is 5.11 Å². The second-order valence-corrected chi connectivity index (χ2v) is 4.03. The smallest absolute Gasteiger partial charge is 0.0568 e. The number of aliphatic hydroxyl groups is 1. The molecule has 0 amide bonds. The van der Waals surface area contributed by atoms with Gasteiger partial charge >= 0.3 is 0 Å². The second kappa shape index (κ2) is 5.16. The molecule has 0 aliphatic rings. The summed E-state index contributed by atoms with van der Waals surface area (Å²) in [6, 6.07) is 10.4. The molecule has 14 heavy (non-hydrogen) atoms. The average molecular weight is 192 g/mol. The molecule has 0 fully saturated rings. The fourth-order valence-electron chi connectivity index (χ4n) is 1.77. The van der Waals surface area contributed by atoms with Crippen molar-refractivity contribution >= 4 is 0 Å². The first-order valence-electron chi connectivity index (χ1n) is 5.39. The molecule has 3 atom stereocenters. The van der Waals surface area contributed by atoms with E-state index in [9.17, 15) is 5.11 Å². The van der Waals surface area contributed by atoms with Gasteiger partial charge in [0.1, 0.15) is 0 Å². The van der Waals surface area contributed by atoms with E-state index < -0.39 is 0 Å². The SMILES string of the molecule is CC[C@H](O)[C@@H](C)C(C)c1ccccc1. The van der Waals surface area contributed by atoms with Crippen LogP contribution in [0.5, 0.6) is 0 Å². The molecule has 0 spiro atoms. The van der Waals surface area contributed by atoms with E-state index in [1.807, 2.05) is 13.0 Å². The molecule has 0 saturated heterocycles. The van der Waals surface area contributed by atoms with Gasteiger partial charge in [-0.25, -0.2) is 0 Å². The lowest BCUT2D eigenvalue weighted by molar-refractivity contribution is 0.101. The maximum atomic E-state index is 9.76. The Labute approximate surface area is 86.8 Å². The molecule has 1 aromatic carbocycles. The van der Waals surface area contributed by atoms with Crippen molar-refractivity contribution in [3.8, 4) is 0 Å². The molecule has 0 aliphatic carbocycles. The molecule has 1 nitrogen and oxygen atoms in total. The molecule has 1 N–H and O–H groups in total. The van der Waals surface area contributed by atoms with Crippen LogP contribution < -0.4 is 0 Å². The Hall–Kier alpha value is -0.820. The summed E-state index contributed by atoms with van der Waals surface area (Å²) in [5, 5.41) is 9.76. The summed E-state index contributed by atoms with van der Waals surface area (Å²) in [6.07, 6.45) is 0.642. The largest absolute Gasteiger partial charge is 0.393 e. The fourth-order valence-corrected chi connectivity index (χ4v) is 1.77. The minimum Gasteiger partial charge on any atom is -0.393 e. The Kier molecular flexibility index (Phi) is 4.15. The predicted octanol–water partition coefficient (Wildman–Crippen LogP) is 3.20. The minimum absolute atomic E-state index is 0.190. The van der Waals surface area contributed by atoms with E-state index in [1.165, 1.54) is 5.56 Å². The van der Waals surface area contributed by atoms with E-state index in [4.69, 9.17) is 0 Å². The van der Waals surface area contributed by atoms with E-state index in [0.717, 1.165) is 6.42 Å². The third kappa shape index (κ3) is 2.58. The highest BCUT2D eigenvalue weighted by Gasteiger charge is 2.20. The molecule has 1 heteroatoms. The first-order valence-corrected chi connectivity index (χ1v) is 5.39. The maximum Gasteiger partial charge on any atom is 0.0568 e. The highest BCUT2D eigenvalue weighted by Crippen LogP contribution is 2.27. The highest BCUT2D eigenvalue weighted by atomic mass is 16.3. The van der Waals surface area contributed by atoms with Crippen LogP contribution in [0.1, 0.15) is 38.7 Å². The summed E-state index contributed by atoms with van der Waals surface area (Å²) >= 11 is 0. The molecule has 0 aliphatic heterocycles. The molecule has 1 unspecified atom stereocenters. The van der Waals surface area contributed by atoms with Gasteiger partial charge in [-0.1, -0.05) is 51.1 Å². The first kappa shape index (κ1) is 11.3. The molecule has 0 bridgehead atoms. The van der Waals surface area contributed by atoms with Crippen molar-refractivity contribution in [2.75, 3.05) is 0 Å². The number of rotatable bonds is 4. The Bertz CT molecular complexity index is 255. The number of hydrogen-bond donors (Lipinski definition) is 1. The molecule has 1 aromatic rings. The summed E-state index contributed by atoms with van der Waals surface area (Å²) in [4.78, 5) is 0. The summed E-state index contributed by atoms with van der Waals surface area (Å²) in [5.41, 5.74) is 1.31. The molecule has 0 aromatic heterocycles. The van der Waals surface area contributed by atoms with Crippen LogP contribution in [0.15, 0.2) is 30.3 Å². The van der Waals surface area contributed by atoms with E-state index in [0.29, 0.717) is 11.8 Å². The summed E-state index contributed by atoms with van der Waals surface area (Å²) in [6.45, 7) is 6.32. The van der Waals surface area contributed by atoms with Crippen LogP contribution in [0.3, 0.4) is 0 Å². The van der Waals surface area contributed by atoms with Gasteiger partial charge in [0.05, 0.1) is 6.10 Å². The van der Waals surface area contributed by atoms with Crippen molar-refractivity contribution in [3.05, 3.63) is 35.9 Å². The molecule has 0 heterocycles. The molecule has 0 radical (unpaired) electrons. The zero-order valence-corrected chi connectivity index (χ0v) is 9.27. The summed E-state index contributed by atoms with van der Waals surface area (Å²) in [7, 11) is 0. The Morgan fingerprint density at radius 1 is 1.14 bits per heavy atom. The van der Waals surface area contributed by atoms with Crippen molar-refractivity contribution < 1.29 is 5.11 Å². The van der Waals surface area contributed by atoms with Crippen LogP contribution in [0.25, 0.3) is 0 Å². The van der Waals surface area contributed by atoms with Gasteiger partial charge in [0.15, 0.2) is 0 Å². The Morgan fingerprint density at radius 3 is 2.21 bits per heavy atom. The third-order valence-corrected chi connectivity index (χ3v) is 3.14. The lowest BCUT2D eigenvalue weighted by atomic mass is 9.84. The number of hydrogen-bond acceptors (Lipinski definition) is 1. The van der Waals surface area contributed by atoms with Crippen molar-refractivity contribution in [3.63, 3.8) is 0 Å². The summed E-state index contributed by atoms with van der Waals surface area (Å²) in [5.74, 6) is 0.744. The molecular formula is C13H20O. The molecule has 78 valence electrons. The quantitative estimate of drug-likeness (QED) is 0.776. The Morgan fingerprint density at radius 2 is 1.71 bits per heavy atom. The standard InChI is InChI=1S/C13H20O/c1-4-13(14)11(3)10(2)12-8-6-5-7-9-12/h5-11,13-14H,4H2,1-3H3/t10?,11-,13-/m0/s1. The maximum absolute atomic E-state index is 9.76. The lowest BCUT2D eigenvalue weighted by Crippen LogP contribution is -2.21. The lowest BCUT2D eigenvalue weighted by Gasteiger charge is -2.24. The van der Waals surface area contributed by atoms with E-state index in [-0.39, 0.29) is 6.10 Å². The van der Waals surface area contributed by atoms with Crippen LogP contribution >= 0.6 is 0 Å². The Balaban J connectivity index is 2.70. The normalized spacial score (nSPS) is 17.4. The minimum atomic E-state index is -0.190. The fraction of sp³-hybridized carbons (Fsp3) is 0.538. The third-order valence-electron chi connectivity index (χ3n) is 3.14. The van der Waals surface area contributed by atoms with Gasteiger partial charge in [-0.05, 0) is 23.8 Å². The monoisotopic (exact) mass is 192 g/mol. The van der Waals surface area contributed by atoms with Crippen LogP contribution in [-0.2, 0) is 0 Å². The van der Waals surface area contributed by atoms with Crippen molar-refractivity contribution in [2.45, 2.75) is 39.2 Å². The summed E-state index contributed by atoms with van der Waals surface area (Å²) < 4.78 is 0.